The molecule has 0 aliphatic carbocycles. The van der Waals surface area contributed by atoms with E-state index >= 15 is 0 Å². The highest BCUT2D eigenvalue weighted by Gasteiger charge is 2.20. The van der Waals surface area contributed by atoms with E-state index in [0.29, 0.717) is 11.6 Å². The summed E-state index contributed by atoms with van der Waals surface area (Å²) >= 11 is 1.39. The number of hydrogen-bond donors (Lipinski definition) is 1. The van der Waals surface area contributed by atoms with Crippen molar-refractivity contribution in [3.05, 3.63) is 82.4 Å². The van der Waals surface area contributed by atoms with E-state index in [-0.39, 0.29) is 11.3 Å². The molecule has 0 atom stereocenters. The summed E-state index contributed by atoms with van der Waals surface area (Å²) in [5, 5.41) is 22.8. The first-order valence-electron chi connectivity index (χ1n) is 10.0. The number of piperazine rings is 1. The third-order valence-electron chi connectivity index (χ3n) is 5.28. The number of nitrogens with zero attached hydrogens (tertiary/aromatic N) is 4. The molecule has 0 saturated carbocycles. The predicted octanol–water partition coefficient (Wildman–Crippen LogP) is 4.42. The molecule has 5 nitrogen and oxygen atoms in total. The van der Waals surface area contributed by atoms with Gasteiger partial charge in [0.05, 0.1) is 12.2 Å². The summed E-state index contributed by atoms with van der Waals surface area (Å²) in [5.74, 6) is 0.1000. The Kier molecular flexibility index (Phi) is 6.55. The summed E-state index contributed by atoms with van der Waals surface area (Å²) in [6, 6.07) is 22.5. The number of aromatic nitrogens is 1. The van der Waals surface area contributed by atoms with Crippen molar-refractivity contribution in [1.82, 2.24) is 14.8 Å². The van der Waals surface area contributed by atoms with E-state index in [9.17, 15) is 10.4 Å². The van der Waals surface area contributed by atoms with Crippen molar-refractivity contribution >= 4 is 16.9 Å². The highest BCUT2D eigenvalue weighted by atomic mass is 32.1. The highest BCUT2D eigenvalue weighted by Crippen LogP contribution is 2.27. The van der Waals surface area contributed by atoms with Gasteiger partial charge in [-0.1, -0.05) is 60.7 Å². The molecule has 0 radical (unpaired) electrons. The van der Waals surface area contributed by atoms with E-state index in [1.807, 2.05) is 41.8 Å². The maximum atomic E-state index is 10.7. The molecule has 3 aromatic rings. The van der Waals surface area contributed by atoms with Gasteiger partial charge in [0.2, 0.25) is 0 Å². The van der Waals surface area contributed by atoms with Gasteiger partial charge in [-0.05, 0) is 5.56 Å². The Balaban J connectivity index is 1.38. The quantitative estimate of drug-likeness (QED) is 0.476. The Morgan fingerprint density at radius 3 is 2.27 bits per heavy atom. The number of thiazole rings is 1. The van der Waals surface area contributed by atoms with Crippen molar-refractivity contribution in [1.29, 1.82) is 5.26 Å². The van der Waals surface area contributed by atoms with Crippen LogP contribution >= 0.6 is 11.3 Å². The van der Waals surface area contributed by atoms with Crippen LogP contribution in [0.2, 0.25) is 0 Å². The molecule has 2 aromatic carbocycles. The predicted molar refractivity (Wildman–Crippen MR) is 121 cm³/mol. The second-order valence-corrected chi connectivity index (χ2v) is 8.23. The van der Waals surface area contributed by atoms with Gasteiger partial charge in [0, 0.05) is 43.7 Å². The lowest BCUT2D eigenvalue weighted by Crippen LogP contribution is -2.46. The first-order valence-corrected chi connectivity index (χ1v) is 10.9. The third kappa shape index (κ3) is 4.95. The van der Waals surface area contributed by atoms with Crippen LogP contribution in [0.25, 0.3) is 16.8 Å². The lowest BCUT2D eigenvalue weighted by Gasteiger charge is -2.34. The van der Waals surface area contributed by atoms with Gasteiger partial charge in [-0.15, -0.1) is 11.3 Å². The Hall–Kier alpha value is -2.98. The van der Waals surface area contributed by atoms with Crippen molar-refractivity contribution in [3.63, 3.8) is 0 Å². The molecule has 2 heterocycles. The van der Waals surface area contributed by atoms with Crippen molar-refractivity contribution < 1.29 is 5.11 Å². The number of aliphatic hydroxyl groups excluding tert-OH is 1. The van der Waals surface area contributed by atoms with Crippen molar-refractivity contribution in [2.45, 2.75) is 6.54 Å². The monoisotopic (exact) mass is 416 g/mol. The maximum absolute atomic E-state index is 10.7. The first kappa shape index (κ1) is 20.3. The normalized spacial score (nSPS) is 16.1. The second-order valence-electron chi connectivity index (χ2n) is 7.38. The average Bonchev–Trinajstić information content (AvgIpc) is 3.27. The minimum Gasteiger partial charge on any atom is -0.509 e. The van der Waals surface area contributed by atoms with Crippen LogP contribution < -0.4 is 0 Å². The van der Waals surface area contributed by atoms with E-state index < -0.39 is 0 Å². The minimum absolute atomic E-state index is 0.1000. The third-order valence-corrected chi connectivity index (χ3v) is 6.14. The summed E-state index contributed by atoms with van der Waals surface area (Å²) in [7, 11) is 0. The van der Waals surface area contributed by atoms with Crippen LogP contribution in [0.5, 0.6) is 0 Å². The van der Waals surface area contributed by atoms with Gasteiger partial charge in [-0.25, -0.2) is 4.98 Å². The summed E-state index contributed by atoms with van der Waals surface area (Å²) in [4.78, 5) is 9.19. The molecular weight excluding hydrogens is 392 g/mol. The standard InChI is InChI=1S/C24H24N4OS/c25-15-21(24-26-22(18-30-24)20-9-5-2-6-10-20)23(29)17-28-13-11-27(12-14-28)16-19-7-3-1-4-8-19/h1-10,18,29H,11-14,16-17H2. The molecule has 4 rings (SSSR count). The smallest absolute Gasteiger partial charge is 0.138 e. The zero-order valence-electron chi connectivity index (χ0n) is 16.7. The number of benzene rings is 2. The minimum atomic E-state index is 0.1000. The Labute approximate surface area is 181 Å². The molecule has 0 unspecified atom stereocenters. The van der Waals surface area contributed by atoms with Crippen LogP contribution in [-0.4, -0.2) is 52.6 Å². The van der Waals surface area contributed by atoms with E-state index in [0.717, 1.165) is 44.0 Å². The fraction of sp³-hybridized carbons (Fsp3) is 0.250. The van der Waals surface area contributed by atoms with Gasteiger partial charge < -0.3 is 5.11 Å². The molecule has 1 aliphatic rings. The Bertz CT molecular complexity index is 1030. The van der Waals surface area contributed by atoms with Gasteiger partial charge in [0.25, 0.3) is 0 Å². The molecule has 0 amide bonds. The Morgan fingerprint density at radius 1 is 0.967 bits per heavy atom. The number of aliphatic hydroxyl groups is 1. The van der Waals surface area contributed by atoms with Crippen LogP contribution in [0.15, 0.2) is 71.8 Å². The number of hydrogen-bond acceptors (Lipinski definition) is 6. The van der Waals surface area contributed by atoms with Gasteiger partial charge in [-0.2, -0.15) is 5.26 Å². The topological polar surface area (TPSA) is 63.4 Å². The molecule has 152 valence electrons. The molecule has 1 fully saturated rings. The fourth-order valence-corrected chi connectivity index (χ4v) is 4.45. The lowest BCUT2D eigenvalue weighted by atomic mass is 10.2. The van der Waals surface area contributed by atoms with Gasteiger partial charge in [0.1, 0.15) is 22.4 Å². The molecule has 1 N–H and O–H groups in total. The van der Waals surface area contributed by atoms with Crippen LogP contribution in [0.1, 0.15) is 10.6 Å². The summed E-state index contributed by atoms with van der Waals surface area (Å²) in [6.45, 7) is 4.94. The van der Waals surface area contributed by atoms with Crippen molar-refractivity contribution in [2.75, 3.05) is 32.7 Å². The highest BCUT2D eigenvalue weighted by molar-refractivity contribution is 7.11. The number of rotatable bonds is 6. The van der Waals surface area contributed by atoms with Crippen LogP contribution in [0, 0.1) is 11.3 Å². The molecule has 0 bridgehead atoms. The zero-order valence-corrected chi connectivity index (χ0v) is 17.6. The fourth-order valence-electron chi connectivity index (χ4n) is 3.60. The van der Waals surface area contributed by atoms with Gasteiger partial charge in [0.15, 0.2) is 0 Å². The lowest BCUT2D eigenvalue weighted by molar-refractivity contribution is 0.125. The van der Waals surface area contributed by atoms with Gasteiger partial charge in [-0.3, -0.25) is 9.80 Å². The number of nitriles is 1. The molecule has 1 aromatic heterocycles. The zero-order chi connectivity index (χ0) is 20.8. The molecule has 0 spiro atoms. The first-order chi connectivity index (χ1) is 14.7. The average molecular weight is 417 g/mol. The molecule has 1 saturated heterocycles. The summed E-state index contributed by atoms with van der Waals surface area (Å²) in [6.07, 6.45) is 0. The second kappa shape index (κ2) is 9.68. The summed E-state index contributed by atoms with van der Waals surface area (Å²) in [5.41, 5.74) is 3.42. The molecule has 1 aliphatic heterocycles. The number of allylic oxidation sites excluding steroid dienone is 1. The van der Waals surface area contributed by atoms with Gasteiger partial charge >= 0.3 is 0 Å². The van der Waals surface area contributed by atoms with Crippen LogP contribution in [0.4, 0.5) is 0 Å². The Morgan fingerprint density at radius 2 is 1.60 bits per heavy atom. The maximum Gasteiger partial charge on any atom is 0.138 e. The van der Waals surface area contributed by atoms with Crippen molar-refractivity contribution in [2.24, 2.45) is 0 Å². The molecule has 30 heavy (non-hydrogen) atoms. The molecule has 6 heteroatoms. The van der Waals surface area contributed by atoms with E-state index in [1.165, 1.54) is 16.9 Å². The van der Waals surface area contributed by atoms with E-state index in [1.54, 1.807) is 0 Å². The van der Waals surface area contributed by atoms with Crippen molar-refractivity contribution in [3.8, 4) is 17.3 Å². The van der Waals surface area contributed by atoms with E-state index in [4.69, 9.17) is 0 Å². The SMILES string of the molecule is N#CC(=C(O)CN1CCN(Cc2ccccc2)CC1)c1nc(-c2ccccc2)cs1. The van der Waals surface area contributed by atoms with Crippen LogP contribution in [0.3, 0.4) is 0 Å². The van der Waals surface area contributed by atoms with E-state index in [2.05, 4.69) is 45.1 Å². The summed E-state index contributed by atoms with van der Waals surface area (Å²) < 4.78 is 0. The largest absolute Gasteiger partial charge is 0.509 e. The molecular formula is C24H24N4OS. The van der Waals surface area contributed by atoms with Crippen LogP contribution in [-0.2, 0) is 6.54 Å².